The van der Waals surface area contributed by atoms with Gasteiger partial charge in [0, 0.05) is 11.4 Å². The van der Waals surface area contributed by atoms with Crippen molar-refractivity contribution in [3.63, 3.8) is 0 Å². The zero-order valence-corrected chi connectivity index (χ0v) is 20.4. The summed E-state index contributed by atoms with van der Waals surface area (Å²) >= 11 is 4.33. The Kier molecular flexibility index (Phi) is 7.69. The quantitative estimate of drug-likeness (QED) is 0.327. The van der Waals surface area contributed by atoms with Crippen LogP contribution in [0.2, 0.25) is 5.02 Å². The number of hydrogen-bond donors (Lipinski definition) is 1. The highest BCUT2D eigenvalue weighted by Gasteiger charge is 2.25. The molecule has 0 aliphatic heterocycles. The molecule has 174 valence electrons. The van der Waals surface area contributed by atoms with E-state index in [9.17, 15) is 13.6 Å². The molecule has 34 heavy (non-hydrogen) atoms. The highest BCUT2D eigenvalue weighted by Crippen LogP contribution is 2.34. The lowest BCUT2D eigenvalue weighted by molar-refractivity contribution is 0.0940. The average Bonchev–Trinajstić information content (AvgIpc) is 3.27. The van der Waals surface area contributed by atoms with Crippen LogP contribution >= 0.6 is 23.3 Å². The molecular weight excluding hydrogens is 492 g/mol. The third kappa shape index (κ3) is 5.51. The maximum Gasteiger partial charge on any atom is 0.253 e. The molecule has 3 aromatic carbocycles. The van der Waals surface area contributed by atoms with Gasteiger partial charge in [0.1, 0.15) is 5.69 Å². The normalized spacial score (nSPS) is 12.7. The lowest BCUT2D eigenvalue weighted by atomic mass is 10.1. The Labute approximate surface area is 209 Å². The number of halogens is 1. The van der Waals surface area contributed by atoms with Crippen molar-refractivity contribution >= 4 is 52.0 Å². The Hall–Kier alpha value is -3.11. The van der Waals surface area contributed by atoms with E-state index in [2.05, 4.69) is 14.1 Å². The van der Waals surface area contributed by atoms with Gasteiger partial charge in [0.15, 0.2) is 5.82 Å². The van der Waals surface area contributed by atoms with Gasteiger partial charge in [0.25, 0.3) is 5.91 Å². The van der Waals surface area contributed by atoms with Crippen LogP contribution in [0, 0.1) is 0 Å². The fraction of sp³-hybridized carbons (Fsp3) is 0.125. The van der Waals surface area contributed by atoms with Crippen molar-refractivity contribution in [3.05, 3.63) is 106 Å². The molecule has 0 spiro atoms. The van der Waals surface area contributed by atoms with Gasteiger partial charge in [0.2, 0.25) is 0 Å². The second-order valence-electron chi connectivity index (χ2n) is 7.48. The van der Waals surface area contributed by atoms with E-state index >= 15 is 0 Å². The molecule has 4 rings (SSSR count). The molecule has 0 saturated carbocycles. The lowest BCUT2D eigenvalue weighted by Gasteiger charge is -2.27. The summed E-state index contributed by atoms with van der Waals surface area (Å²) < 4.78 is 34.4. The fourth-order valence-electron chi connectivity index (χ4n) is 3.49. The number of nitrogens with zero attached hydrogens (tertiary/aromatic N) is 3. The number of benzene rings is 3. The first-order chi connectivity index (χ1) is 16.4. The fourth-order valence-corrected chi connectivity index (χ4v) is 4.85. The van der Waals surface area contributed by atoms with Crippen LogP contribution in [0.3, 0.4) is 0 Å². The topological polar surface area (TPSA) is 98.2 Å². The molecule has 0 fully saturated rings. The third-order valence-corrected chi connectivity index (χ3v) is 6.62. The molecule has 2 atom stereocenters. The van der Waals surface area contributed by atoms with E-state index in [4.69, 9.17) is 11.6 Å². The molecule has 2 unspecified atom stereocenters. The standard InChI is InChI=1S/C24H21ClN4O3S2/c1-16(18-10-6-3-7-11-18)26-24(30)20-13-12-19(25)15-22(20)29(34(31)32)23-21(27-33-28-23)14-17-8-4-2-5-9-17/h2-13,15-16H,14H2,1H3,(H,26,30)(H,31,32)/p-1. The summed E-state index contributed by atoms with van der Waals surface area (Å²) in [6, 6.07) is 23.2. The Bertz CT molecular complexity index is 1300. The number of nitrogens with one attached hydrogen (secondary N) is 1. The lowest BCUT2D eigenvalue weighted by Crippen LogP contribution is -2.30. The molecule has 0 aliphatic rings. The van der Waals surface area contributed by atoms with E-state index in [1.165, 1.54) is 12.1 Å². The number of rotatable bonds is 8. The SMILES string of the molecule is CC(NC(=O)c1ccc(Cl)cc1N(c1nsnc1Cc1ccccc1)S(=O)[O-])c1ccccc1. The first-order valence-corrected chi connectivity index (χ1v) is 12.5. The Morgan fingerprint density at radius 3 is 2.44 bits per heavy atom. The van der Waals surface area contributed by atoms with Crippen LogP contribution in [0.5, 0.6) is 0 Å². The van der Waals surface area contributed by atoms with Gasteiger partial charge in [-0.05, 0) is 36.2 Å². The molecule has 1 heterocycles. The first-order valence-electron chi connectivity index (χ1n) is 10.3. The summed E-state index contributed by atoms with van der Waals surface area (Å²) in [5.41, 5.74) is 2.60. The van der Waals surface area contributed by atoms with Crippen LogP contribution in [0.4, 0.5) is 11.5 Å². The van der Waals surface area contributed by atoms with Crippen LogP contribution < -0.4 is 9.62 Å². The molecule has 10 heteroatoms. The largest absolute Gasteiger partial charge is 0.755 e. The Morgan fingerprint density at radius 1 is 1.09 bits per heavy atom. The summed E-state index contributed by atoms with van der Waals surface area (Å²) in [5.74, 6) is -0.305. The van der Waals surface area contributed by atoms with Crippen LogP contribution in [0.1, 0.15) is 40.1 Å². The summed E-state index contributed by atoms with van der Waals surface area (Å²) in [6.07, 6.45) is 0.382. The zero-order chi connectivity index (χ0) is 24.1. The van der Waals surface area contributed by atoms with Crippen molar-refractivity contribution in [3.8, 4) is 0 Å². The highest BCUT2D eigenvalue weighted by molar-refractivity contribution is 7.81. The smallest absolute Gasteiger partial charge is 0.253 e. The molecule has 0 saturated heterocycles. The molecule has 1 amide bonds. The second-order valence-corrected chi connectivity index (χ2v) is 9.24. The molecule has 0 radical (unpaired) electrons. The highest BCUT2D eigenvalue weighted by atomic mass is 35.5. The Balaban J connectivity index is 1.70. The van der Waals surface area contributed by atoms with E-state index in [1.807, 2.05) is 67.6 Å². The van der Waals surface area contributed by atoms with Crippen molar-refractivity contribution in [2.45, 2.75) is 19.4 Å². The molecule has 1 aromatic heterocycles. The minimum Gasteiger partial charge on any atom is -0.755 e. The summed E-state index contributed by atoms with van der Waals surface area (Å²) in [4.78, 5) is 13.2. The van der Waals surface area contributed by atoms with Gasteiger partial charge in [0.05, 0.1) is 40.3 Å². The summed E-state index contributed by atoms with van der Waals surface area (Å²) in [6.45, 7) is 1.86. The van der Waals surface area contributed by atoms with Crippen LogP contribution in [0.15, 0.2) is 78.9 Å². The van der Waals surface area contributed by atoms with Crippen LogP contribution in [0.25, 0.3) is 0 Å². The van der Waals surface area contributed by atoms with Crippen molar-refractivity contribution in [1.82, 2.24) is 14.1 Å². The first kappa shape index (κ1) is 24.0. The van der Waals surface area contributed by atoms with Crippen molar-refractivity contribution < 1.29 is 13.6 Å². The number of carbonyl (C=O) groups is 1. The van der Waals surface area contributed by atoms with Gasteiger partial charge in [-0.25, -0.2) is 0 Å². The predicted octanol–water partition coefficient (Wildman–Crippen LogP) is 5.21. The van der Waals surface area contributed by atoms with E-state index in [1.54, 1.807) is 6.07 Å². The van der Waals surface area contributed by atoms with Crippen molar-refractivity contribution in [2.24, 2.45) is 0 Å². The van der Waals surface area contributed by atoms with Crippen molar-refractivity contribution in [1.29, 1.82) is 0 Å². The molecule has 7 nitrogen and oxygen atoms in total. The maximum atomic E-state index is 13.2. The van der Waals surface area contributed by atoms with Gasteiger partial charge in [-0.3, -0.25) is 13.3 Å². The molecule has 1 N–H and O–H groups in total. The molecule has 4 aromatic rings. The van der Waals surface area contributed by atoms with Gasteiger partial charge in [-0.2, -0.15) is 8.75 Å². The minimum absolute atomic E-state index is 0.0978. The number of carbonyl (C=O) groups excluding carboxylic acids is 1. The van der Waals surface area contributed by atoms with Crippen LogP contribution in [-0.4, -0.2) is 23.4 Å². The van der Waals surface area contributed by atoms with E-state index < -0.39 is 17.2 Å². The zero-order valence-electron chi connectivity index (χ0n) is 18.1. The van der Waals surface area contributed by atoms with E-state index in [0.717, 1.165) is 27.2 Å². The Morgan fingerprint density at radius 2 is 1.76 bits per heavy atom. The number of anilines is 2. The van der Waals surface area contributed by atoms with Gasteiger partial charge in [-0.1, -0.05) is 72.3 Å². The molecule has 0 bridgehead atoms. The molecule has 0 aliphatic carbocycles. The number of amides is 1. The maximum absolute atomic E-state index is 13.2. The van der Waals surface area contributed by atoms with Crippen molar-refractivity contribution in [2.75, 3.05) is 4.31 Å². The third-order valence-electron chi connectivity index (χ3n) is 5.16. The van der Waals surface area contributed by atoms with Gasteiger partial charge >= 0.3 is 0 Å². The van der Waals surface area contributed by atoms with E-state index in [-0.39, 0.29) is 28.1 Å². The summed E-state index contributed by atoms with van der Waals surface area (Å²) in [7, 11) is 0. The monoisotopic (exact) mass is 511 g/mol. The predicted molar refractivity (Wildman–Crippen MR) is 134 cm³/mol. The molecular formula is C24H20ClN4O3S2-. The minimum atomic E-state index is -2.79. The second kappa shape index (κ2) is 10.9. The average molecular weight is 512 g/mol. The number of aromatic nitrogens is 2. The van der Waals surface area contributed by atoms with Gasteiger partial charge in [-0.15, -0.1) is 0 Å². The van der Waals surface area contributed by atoms with Crippen LogP contribution in [-0.2, 0) is 17.7 Å². The van der Waals surface area contributed by atoms with E-state index in [0.29, 0.717) is 12.1 Å². The number of hydrogen-bond acceptors (Lipinski definition) is 6. The summed E-state index contributed by atoms with van der Waals surface area (Å²) in [5, 5.41) is 3.21. The van der Waals surface area contributed by atoms with Gasteiger partial charge < -0.3 is 9.87 Å².